The SMILES string of the molecule is [2H]c1c([2H])c([2H])c(-n2c(-c3ccc(-c4c5ccccc5c(-c5ccccc5-c5ccccn5)c5ccccc45)cc3)nc3ccccc32)c([2H])c1[2H]. The van der Waals surface area contributed by atoms with Gasteiger partial charge < -0.3 is 0 Å². The molecule has 0 aliphatic heterocycles. The molecule has 0 unspecified atom stereocenters. The van der Waals surface area contributed by atoms with Crippen LogP contribution in [0.5, 0.6) is 0 Å². The molecule has 0 bridgehead atoms. The molecule has 2 aromatic heterocycles. The lowest BCUT2D eigenvalue weighted by atomic mass is 9.84. The summed E-state index contributed by atoms with van der Waals surface area (Å²) in [7, 11) is 0. The van der Waals surface area contributed by atoms with Gasteiger partial charge in [-0.3, -0.25) is 9.55 Å². The number of benzene rings is 7. The number of para-hydroxylation sites is 3. The average molecular weight is 605 g/mol. The van der Waals surface area contributed by atoms with Crippen molar-refractivity contribution in [3.05, 3.63) is 176 Å². The van der Waals surface area contributed by atoms with Gasteiger partial charge in [0.15, 0.2) is 0 Å². The first kappa shape index (κ1) is 22.2. The summed E-state index contributed by atoms with van der Waals surface area (Å²) in [6.07, 6.45) is 1.83. The van der Waals surface area contributed by atoms with Gasteiger partial charge in [0.1, 0.15) is 5.82 Å². The Hall–Kier alpha value is -6.32. The van der Waals surface area contributed by atoms with E-state index in [1.165, 1.54) is 0 Å². The highest BCUT2D eigenvalue weighted by molar-refractivity contribution is 6.22. The molecule has 0 aliphatic rings. The molecule has 0 N–H and O–H groups in total. The fourth-order valence-corrected chi connectivity index (χ4v) is 6.76. The van der Waals surface area contributed by atoms with E-state index in [4.69, 9.17) is 16.8 Å². The lowest BCUT2D eigenvalue weighted by Gasteiger charge is -2.19. The highest BCUT2D eigenvalue weighted by atomic mass is 15.1. The zero-order valence-electron chi connectivity index (χ0n) is 30.2. The summed E-state index contributed by atoms with van der Waals surface area (Å²) in [5, 5.41) is 4.50. The van der Waals surface area contributed by atoms with Crippen LogP contribution in [0.1, 0.15) is 6.85 Å². The minimum atomic E-state index is -0.431. The van der Waals surface area contributed by atoms with Crippen molar-refractivity contribution in [2.45, 2.75) is 0 Å². The van der Waals surface area contributed by atoms with Crippen LogP contribution in [0.15, 0.2) is 176 Å². The number of nitrogens with zero attached hydrogens (tertiary/aromatic N) is 3. The maximum atomic E-state index is 8.76. The normalized spacial score (nSPS) is 12.9. The first-order valence-corrected chi connectivity index (χ1v) is 15.5. The Kier molecular flexibility index (Phi) is 5.32. The van der Waals surface area contributed by atoms with E-state index in [1.807, 2.05) is 60.8 Å². The van der Waals surface area contributed by atoms with E-state index in [0.29, 0.717) is 16.9 Å². The van der Waals surface area contributed by atoms with Crippen LogP contribution in [0.4, 0.5) is 0 Å². The zero-order chi connectivity index (χ0) is 35.5. The monoisotopic (exact) mass is 604 g/mol. The highest BCUT2D eigenvalue weighted by Crippen LogP contribution is 2.46. The molecule has 7 aromatic carbocycles. The standard InChI is InChI=1S/C44H29N3/c1-2-14-32(15-3-1)47-41-24-11-10-23-40(41)46-44(47)31-27-25-30(26-28-31)42-35-18-6-8-20-37(35)43(38-21-9-7-19-36(38)42)34-17-5-4-16-33(34)39-22-12-13-29-45-39/h1-29H/i1D,2D,3D,14D,15D. The molecule has 9 rings (SSSR count). The van der Waals surface area contributed by atoms with E-state index in [2.05, 4.69) is 84.9 Å². The minimum absolute atomic E-state index is 0.0670. The van der Waals surface area contributed by atoms with Gasteiger partial charge in [0.2, 0.25) is 0 Å². The van der Waals surface area contributed by atoms with Crippen molar-refractivity contribution in [2.75, 3.05) is 0 Å². The van der Waals surface area contributed by atoms with Gasteiger partial charge in [-0.2, -0.15) is 0 Å². The van der Waals surface area contributed by atoms with Crippen LogP contribution in [0.25, 0.3) is 83.2 Å². The van der Waals surface area contributed by atoms with Gasteiger partial charge in [0.25, 0.3) is 0 Å². The molecule has 0 fully saturated rings. The van der Waals surface area contributed by atoms with E-state index < -0.39 is 6.04 Å². The second-order valence-electron chi connectivity index (χ2n) is 11.4. The summed E-state index contributed by atoms with van der Waals surface area (Å²) >= 11 is 0. The molecule has 0 aliphatic carbocycles. The Balaban J connectivity index is 1.26. The molecule has 0 saturated carbocycles. The first-order chi connectivity index (χ1) is 25.4. The third-order valence-corrected chi connectivity index (χ3v) is 8.77. The largest absolute Gasteiger partial charge is 0.292 e. The van der Waals surface area contributed by atoms with Crippen molar-refractivity contribution in [1.82, 2.24) is 14.5 Å². The van der Waals surface area contributed by atoms with E-state index in [1.54, 1.807) is 4.57 Å². The topological polar surface area (TPSA) is 30.7 Å². The number of rotatable bonds is 5. The molecule has 2 heterocycles. The Labute approximate surface area is 280 Å². The summed E-state index contributed by atoms with van der Waals surface area (Å²) in [6.45, 7) is 0. The third kappa shape index (κ3) is 4.52. The summed E-state index contributed by atoms with van der Waals surface area (Å²) < 4.78 is 44.1. The summed E-state index contributed by atoms with van der Waals surface area (Å²) in [5.74, 6) is 0.488. The molecule has 3 nitrogen and oxygen atoms in total. The second kappa shape index (κ2) is 11.2. The molecule has 47 heavy (non-hydrogen) atoms. The fraction of sp³-hybridized carbons (Fsp3) is 0. The molecule has 9 aromatic rings. The first-order valence-electron chi connectivity index (χ1n) is 18.0. The van der Waals surface area contributed by atoms with Crippen LogP contribution in [0, 0.1) is 0 Å². The Morgan fingerprint density at radius 1 is 0.489 bits per heavy atom. The van der Waals surface area contributed by atoms with Crippen molar-refractivity contribution in [1.29, 1.82) is 0 Å². The molecule has 0 radical (unpaired) electrons. The molecule has 0 atom stereocenters. The quantitative estimate of drug-likeness (QED) is 0.183. The number of imidazole rings is 1. The molecule has 220 valence electrons. The minimum Gasteiger partial charge on any atom is -0.292 e. The lowest BCUT2D eigenvalue weighted by Crippen LogP contribution is -1.97. The Bertz CT molecular complexity index is 2760. The predicted octanol–water partition coefficient (Wildman–Crippen LogP) is 11.4. The molecule has 0 spiro atoms. The molecule has 3 heteroatoms. The van der Waals surface area contributed by atoms with Crippen molar-refractivity contribution in [3.63, 3.8) is 0 Å². The van der Waals surface area contributed by atoms with Gasteiger partial charge in [0, 0.05) is 23.0 Å². The summed E-state index contributed by atoms with van der Waals surface area (Å²) in [5.41, 5.74) is 8.51. The van der Waals surface area contributed by atoms with Gasteiger partial charge in [-0.25, -0.2) is 4.98 Å². The van der Waals surface area contributed by atoms with Gasteiger partial charge in [-0.15, -0.1) is 0 Å². The number of aromatic nitrogens is 3. The predicted molar refractivity (Wildman–Crippen MR) is 196 cm³/mol. The number of fused-ring (bicyclic) bond motifs is 3. The molecule has 0 amide bonds. The van der Waals surface area contributed by atoms with Crippen LogP contribution in [0.3, 0.4) is 0 Å². The maximum absolute atomic E-state index is 8.76. The fourth-order valence-electron chi connectivity index (χ4n) is 6.76. The van der Waals surface area contributed by atoms with Gasteiger partial charge in [0.05, 0.1) is 23.6 Å². The maximum Gasteiger partial charge on any atom is 0.145 e. The van der Waals surface area contributed by atoms with Gasteiger partial charge >= 0.3 is 0 Å². The molecule has 0 saturated heterocycles. The molecular weight excluding hydrogens is 571 g/mol. The zero-order valence-corrected chi connectivity index (χ0v) is 25.2. The van der Waals surface area contributed by atoms with Crippen LogP contribution in [-0.2, 0) is 0 Å². The lowest BCUT2D eigenvalue weighted by molar-refractivity contribution is 1.10. The highest BCUT2D eigenvalue weighted by Gasteiger charge is 2.20. The Morgan fingerprint density at radius 2 is 1.06 bits per heavy atom. The van der Waals surface area contributed by atoms with Crippen LogP contribution >= 0.6 is 0 Å². The number of pyridine rings is 1. The van der Waals surface area contributed by atoms with Crippen LogP contribution < -0.4 is 0 Å². The third-order valence-electron chi connectivity index (χ3n) is 8.77. The Morgan fingerprint density at radius 3 is 1.74 bits per heavy atom. The summed E-state index contributed by atoms with van der Waals surface area (Å²) in [6, 6.07) is 45.3. The number of hydrogen-bond acceptors (Lipinski definition) is 2. The van der Waals surface area contributed by atoms with Gasteiger partial charge in [-0.05, 0) is 80.1 Å². The second-order valence-corrected chi connectivity index (χ2v) is 11.4. The van der Waals surface area contributed by atoms with Crippen molar-refractivity contribution < 1.29 is 6.85 Å². The van der Waals surface area contributed by atoms with Crippen molar-refractivity contribution >= 4 is 32.6 Å². The van der Waals surface area contributed by atoms with Crippen LogP contribution in [0.2, 0.25) is 0 Å². The van der Waals surface area contributed by atoms with E-state index in [-0.39, 0.29) is 29.9 Å². The van der Waals surface area contributed by atoms with Crippen molar-refractivity contribution in [2.24, 2.45) is 0 Å². The average Bonchev–Trinajstić information content (AvgIpc) is 3.58. The van der Waals surface area contributed by atoms with E-state index in [9.17, 15) is 0 Å². The van der Waals surface area contributed by atoms with E-state index in [0.717, 1.165) is 60.6 Å². The smallest absolute Gasteiger partial charge is 0.145 e. The van der Waals surface area contributed by atoms with Gasteiger partial charge in [-0.1, -0.05) is 133 Å². The molecular formula is C44H29N3. The summed E-state index contributed by atoms with van der Waals surface area (Å²) in [4.78, 5) is 9.63. The number of hydrogen-bond donors (Lipinski definition) is 0. The van der Waals surface area contributed by atoms with Crippen LogP contribution in [-0.4, -0.2) is 14.5 Å². The van der Waals surface area contributed by atoms with Crippen molar-refractivity contribution in [3.8, 4) is 50.6 Å². The van der Waals surface area contributed by atoms with E-state index >= 15 is 0 Å².